The molecular weight excluding hydrogens is 389 g/mol. The molecule has 0 atom stereocenters. The van der Waals surface area contributed by atoms with Gasteiger partial charge in [-0.25, -0.2) is 4.98 Å². The molecule has 0 saturated carbocycles. The normalized spacial score (nSPS) is 11.6. The molecule has 4 aromatic rings. The van der Waals surface area contributed by atoms with Gasteiger partial charge in [0.15, 0.2) is 15.8 Å². The minimum absolute atomic E-state index is 0.0773. The van der Waals surface area contributed by atoms with Crippen molar-refractivity contribution in [2.45, 2.75) is 17.8 Å². The van der Waals surface area contributed by atoms with E-state index in [1.807, 2.05) is 12.3 Å². The van der Waals surface area contributed by atoms with Gasteiger partial charge in [-0.3, -0.25) is 13.6 Å². The molecule has 4 rings (SSSR count). The highest BCUT2D eigenvalue weighted by atomic mass is 35.5. The molecule has 24 heavy (non-hydrogen) atoms. The smallest absolute Gasteiger partial charge is 0.258 e. The number of aryl methyl sites for hydroxylation is 1. The van der Waals surface area contributed by atoms with Crippen molar-refractivity contribution in [2.75, 3.05) is 0 Å². The predicted octanol–water partition coefficient (Wildman–Crippen LogP) is 3.71. The van der Waals surface area contributed by atoms with Crippen molar-refractivity contribution >= 4 is 56.9 Å². The lowest BCUT2D eigenvalue weighted by atomic mass is 10.4. The van der Waals surface area contributed by atoms with E-state index >= 15 is 0 Å². The van der Waals surface area contributed by atoms with Crippen molar-refractivity contribution in [3.8, 4) is 0 Å². The predicted molar refractivity (Wildman–Crippen MR) is 96.6 cm³/mol. The van der Waals surface area contributed by atoms with Gasteiger partial charge in [0.25, 0.3) is 5.56 Å². The first-order valence-corrected chi connectivity index (χ1v) is 9.44. The highest BCUT2D eigenvalue weighted by molar-refractivity contribution is 7.98. The van der Waals surface area contributed by atoms with E-state index in [-0.39, 0.29) is 5.56 Å². The van der Waals surface area contributed by atoms with Crippen LogP contribution in [-0.2, 0) is 5.75 Å². The Morgan fingerprint density at radius 3 is 2.96 bits per heavy atom. The number of rotatable bonds is 3. The summed E-state index contributed by atoms with van der Waals surface area (Å²) in [5.74, 6) is 0.494. The van der Waals surface area contributed by atoms with Crippen LogP contribution < -0.4 is 5.56 Å². The molecule has 0 aliphatic carbocycles. The highest BCUT2D eigenvalue weighted by Crippen LogP contribution is 2.26. The second kappa shape index (κ2) is 6.03. The second-order valence-corrected chi connectivity index (χ2v) is 7.67. The molecule has 0 N–H and O–H groups in total. The molecule has 4 aromatic heterocycles. The average Bonchev–Trinajstić information content (AvgIpc) is 3.09. The van der Waals surface area contributed by atoms with Crippen LogP contribution in [0.4, 0.5) is 0 Å². The van der Waals surface area contributed by atoms with E-state index < -0.39 is 0 Å². The maximum Gasteiger partial charge on any atom is 0.258 e. The Bertz CT molecular complexity index is 1130. The fraction of sp³-hybridized carbons (Fsp3) is 0.143. The molecule has 10 heteroatoms. The summed E-state index contributed by atoms with van der Waals surface area (Å²) >= 11 is 15.0. The summed E-state index contributed by atoms with van der Waals surface area (Å²) in [6, 6.07) is 3.17. The van der Waals surface area contributed by atoms with Gasteiger partial charge in [-0.15, -0.1) is 21.5 Å². The lowest BCUT2D eigenvalue weighted by molar-refractivity contribution is 0.919. The number of aromatic nitrogens is 5. The molecule has 0 amide bonds. The molecule has 0 unspecified atom stereocenters. The molecule has 0 aliphatic rings. The third-order valence-corrected chi connectivity index (χ3v) is 5.78. The lowest BCUT2D eigenvalue weighted by Crippen LogP contribution is -2.14. The lowest BCUT2D eigenvalue weighted by Gasteiger charge is -2.02. The van der Waals surface area contributed by atoms with E-state index in [4.69, 9.17) is 23.2 Å². The monoisotopic (exact) mass is 397 g/mol. The minimum atomic E-state index is -0.0773. The van der Waals surface area contributed by atoms with Crippen molar-refractivity contribution in [1.82, 2.24) is 24.0 Å². The van der Waals surface area contributed by atoms with Crippen molar-refractivity contribution in [2.24, 2.45) is 0 Å². The van der Waals surface area contributed by atoms with E-state index in [9.17, 15) is 4.79 Å². The van der Waals surface area contributed by atoms with Gasteiger partial charge in [0, 0.05) is 29.1 Å². The number of thiazole rings is 1. The molecule has 0 fully saturated rings. The van der Waals surface area contributed by atoms with Crippen LogP contribution in [-0.4, -0.2) is 24.0 Å². The molecule has 6 nitrogen and oxygen atoms in total. The molecule has 0 bridgehead atoms. The van der Waals surface area contributed by atoms with Crippen LogP contribution in [0.2, 0.25) is 10.0 Å². The van der Waals surface area contributed by atoms with Crippen molar-refractivity contribution in [3.63, 3.8) is 0 Å². The Hall–Kier alpha value is -1.61. The van der Waals surface area contributed by atoms with E-state index in [0.29, 0.717) is 37.3 Å². The Morgan fingerprint density at radius 1 is 1.29 bits per heavy atom. The standard InChI is InChI=1S/C14H9Cl2N5OS2/c1-7-5-23-13-17-9(3-11(22)21(7)13)6-24-14-19-18-12-10(16)2-8(15)4-20(12)14/h2-5H,6H2,1H3. The maximum atomic E-state index is 12.2. The van der Waals surface area contributed by atoms with Gasteiger partial charge in [0.05, 0.1) is 15.7 Å². The average molecular weight is 398 g/mol. The number of thioether (sulfide) groups is 1. The maximum absolute atomic E-state index is 12.2. The van der Waals surface area contributed by atoms with Crippen LogP contribution in [0.5, 0.6) is 0 Å². The molecule has 0 aromatic carbocycles. The van der Waals surface area contributed by atoms with Crippen LogP contribution >= 0.6 is 46.3 Å². The van der Waals surface area contributed by atoms with Gasteiger partial charge in [-0.2, -0.15) is 0 Å². The van der Waals surface area contributed by atoms with Gasteiger partial charge < -0.3 is 0 Å². The van der Waals surface area contributed by atoms with Crippen LogP contribution in [0.3, 0.4) is 0 Å². The van der Waals surface area contributed by atoms with Crippen LogP contribution in [0.15, 0.2) is 33.7 Å². The second-order valence-electron chi connectivity index (χ2n) is 5.05. The number of nitrogens with zero attached hydrogens (tertiary/aromatic N) is 5. The molecule has 0 spiro atoms. The summed E-state index contributed by atoms with van der Waals surface area (Å²) in [6.45, 7) is 1.89. The number of hydrogen-bond acceptors (Lipinski definition) is 6. The third-order valence-electron chi connectivity index (χ3n) is 3.37. The molecular formula is C14H9Cl2N5OS2. The third kappa shape index (κ3) is 2.69. The first kappa shape index (κ1) is 15.9. The van der Waals surface area contributed by atoms with Gasteiger partial charge >= 0.3 is 0 Å². The number of hydrogen-bond donors (Lipinski definition) is 0. The van der Waals surface area contributed by atoms with E-state index in [0.717, 1.165) is 5.69 Å². The van der Waals surface area contributed by atoms with Crippen molar-refractivity contribution < 1.29 is 0 Å². The summed E-state index contributed by atoms with van der Waals surface area (Å²) in [4.78, 5) is 17.4. The molecule has 4 heterocycles. The van der Waals surface area contributed by atoms with Gasteiger partial charge in [-0.1, -0.05) is 35.0 Å². The zero-order valence-corrected chi connectivity index (χ0v) is 15.4. The summed E-state index contributed by atoms with van der Waals surface area (Å²) in [7, 11) is 0. The Kier molecular flexibility index (Phi) is 4.00. The summed E-state index contributed by atoms with van der Waals surface area (Å²) in [5.41, 5.74) is 2.05. The van der Waals surface area contributed by atoms with Crippen LogP contribution in [0.25, 0.3) is 10.6 Å². The Morgan fingerprint density at radius 2 is 2.12 bits per heavy atom. The fourth-order valence-electron chi connectivity index (χ4n) is 2.31. The SMILES string of the molecule is Cc1csc2nc(CSc3nnc4c(Cl)cc(Cl)cn34)cc(=O)n12. The number of fused-ring (bicyclic) bond motifs is 2. The van der Waals surface area contributed by atoms with Crippen molar-refractivity contribution in [3.05, 3.63) is 55.5 Å². The largest absolute Gasteiger partial charge is 0.275 e. The van der Waals surface area contributed by atoms with E-state index in [2.05, 4.69) is 15.2 Å². The first-order chi connectivity index (χ1) is 11.5. The first-order valence-electron chi connectivity index (χ1n) is 6.82. The van der Waals surface area contributed by atoms with E-state index in [1.54, 1.807) is 27.1 Å². The van der Waals surface area contributed by atoms with Crippen LogP contribution in [0, 0.1) is 6.92 Å². The molecule has 0 aliphatic heterocycles. The Balaban J connectivity index is 1.67. The zero-order valence-electron chi connectivity index (χ0n) is 12.2. The molecule has 122 valence electrons. The minimum Gasteiger partial charge on any atom is -0.275 e. The number of pyridine rings is 1. The summed E-state index contributed by atoms with van der Waals surface area (Å²) in [5, 5.41) is 11.7. The van der Waals surface area contributed by atoms with E-state index in [1.165, 1.54) is 23.1 Å². The summed E-state index contributed by atoms with van der Waals surface area (Å²) < 4.78 is 3.33. The highest BCUT2D eigenvalue weighted by Gasteiger charge is 2.12. The fourth-order valence-corrected chi connectivity index (χ4v) is 4.52. The van der Waals surface area contributed by atoms with Gasteiger partial charge in [0.1, 0.15) is 0 Å². The van der Waals surface area contributed by atoms with Gasteiger partial charge in [0.2, 0.25) is 0 Å². The van der Waals surface area contributed by atoms with Gasteiger partial charge in [-0.05, 0) is 13.0 Å². The summed E-state index contributed by atoms with van der Waals surface area (Å²) in [6.07, 6.45) is 1.71. The van der Waals surface area contributed by atoms with Crippen LogP contribution in [0.1, 0.15) is 11.4 Å². The quantitative estimate of drug-likeness (QED) is 0.493. The zero-order chi connectivity index (χ0) is 16.8. The van der Waals surface area contributed by atoms with Crippen molar-refractivity contribution in [1.29, 1.82) is 0 Å². The Labute approximate surface area is 154 Å². The molecule has 0 saturated heterocycles. The topological polar surface area (TPSA) is 64.6 Å². The number of halogens is 2. The molecule has 0 radical (unpaired) electrons.